The Hall–Kier alpha value is -3.55. The number of esters is 1. The fraction of sp³-hybridized carbons (Fsp3) is 0.211. The average molecular weight is 366 g/mol. The van der Waals surface area contributed by atoms with Crippen LogP contribution in [0.2, 0.25) is 0 Å². The number of imidazole rings is 1. The molecule has 0 atom stereocenters. The third kappa shape index (κ3) is 4.00. The third-order valence-corrected chi connectivity index (χ3v) is 3.76. The van der Waals surface area contributed by atoms with Gasteiger partial charge in [-0.15, -0.1) is 0 Å². The van der Waals surface area contributed by atoms with Crippen molar-refractivity contribution in [3.8, 4) is 0 Å². The van der Waals surface area contributed by atoms with E-state index in [4.69, 9.17) is 4.74 Å². The standard InChI is InChI=1S/C19H18N4O4/c1-3-27-16(9-15(24)19(25)26-2)18-22-14-10-20-12-21-17(14)23(18)11-13-7-5-4-6-8-13/h4-10,12H,3,11H2,1-2H3. The molecule has 0 aliphatic rings. The van der Waals surface area contributed by atoms with E-state index in [0.717, 1.165) is 18.7 Å². The molecule has 3 rings (SSSR count). The summed E-state index contributed by atoms with van der Waals surface area (Å²) in [5.74, 6) is -1.25. The van der Waals surface area contributed by atoms with Gasteiger partial charge in [0.15, 0.2) is 17.2 Å². The van der Waals surface area contributed by atoms with Gasteiger partial charge in [0.1, 0.15) is 11.8 Å². The summed E-state index contributed by atoms with van der Waals surface area (Å²) < 4.78 is 11.9. The van der Waals surface area contributed by atoms with Crippen LogP contribution in [0.25, 0.3) is 16.9 Å². The molecule has 0 unspecified atom stereocenters. The average Bonchev–Trinajstić information content (AvgIpc) is 3.06. The van der Waals surface area contributed by atoms with E-state index in [1.54, 1.807) is 13.1 Å². The lowest BCUT2D eigenvalue weighted by atomic mass is 10.2. The summed E-state index contributed by atoms with van der Waals surface area (Å²) in [6, 6.07) is 9.74. The lowest BCUT2D eigenvalue weighted by Crippen LogP contribution is -2.15. The van der Waals surface area contributed by atoms with Gasteiger partial charge in [0.2, 0.25) is 0 Å². The highest BCUT2D eigenvalue weighted by atomic mass is 16.5. The van der Waals surface area contributed by atoms with Crippen LogP contribution in [0.1, 0.15) is 18.3 Å². The number of nitrogens with zero attached hydrogens (tertiary/aromatic N) is 4. The quantitative estimate of drug-likeness (QED) is 0.273. The summed E-state index contributed by atoms with van der Waals surface area (Å²) >= 11 is 0. The van der Waals surface area contributed by atoms with Gasteiger partial charge in [-0.25, -0.2) is 19.7 Å². The number of carbonyl (C=O) groups excluding carboxylic acids is 2. The second-order valence-corrected chi connectivity index (χ2v) is 5.54. The molecule has 8 heteroatoms. The first-order valence-electron chi connectivity index (χ1n) is 8.31. The van der Waals surface area contributed by atoms with Crippen LogP contribution >= 0.6 is 0 Å². The Morgan fingerprint density at radius 3 is 2.70 bits per heavy atom. The van der Waals surface area contributed by atoms with Gasteiger partial charge in [0.25, 0.3) is 5.78 Å². The zero-order chi connectivity index (χ0) is 19.2. The molecule has 0 N–H and O–H groups in total. The van der Waals surface area contributed by atoms with Crippen LogP contribution in [0.15, 0.2) is 48.9 Å². The number of fused-ring (bicyclic) bond motifs is 1. The van der Waals surface area contributed by atoms with Gasteiger partial charge in [0, 0.05) is 6.08 Å². The predicted octanol–water partition coefficient (Wildman–Crippen LogP) is 1.99. The summed E-state index contributed by atoms with van der Waals surface area (Å²) in [6.07, 6.45) is 4.10. The Bertz CT molecular complexity index is 995. The van der Waals surface area contributed by atoms with Crippen molar-refractivity contribution < 1.29 is 19.1 Å². The fourth-order valence-electron chi connectivity index (χ4n) is 2.59. The van der Waals surface area contributed by atoms with E-state index in [1.165, 1.54) is 6.33 Å². The number of hydrogen-bond acceptors (Lipinski definition) is 7. The largest absolute Gasteiger partial charge is 0.490 e. The molecule has 0 aliphatic heterocycles. The highest BCUT2D eigenvalue weighted by Gasteiger charge is 2.20. The van der Waals surface area contributed by atoms with Crippen molar-refractivity contribution in [2.24, 2.45) is 0 Å². The Balaban J connectivity index is 2.13. The fourth-order valence-corrected chi connectivity index (χ4v) is 2.59. The van der Waals surface area contributed by atoms with Crippen LogP contribution in [0, 0.1) is 0 Å². The molecule has 0 saturated carbocycles. The Kier molecular flexibility index (Phi) is 5.55. The van der Waals surface area contributed by atoms with Crippen LogP contribution < -0.4 is 0 Å². The van der Waals surface area contributed by atoms with E-state index < -0.39 is 11.8 Å². The lowest BCUT2D eigenvalue weighted by Gasteiger charge is -2.12. The normalized spacial score (nSPS) is 11.4. The molecular weight excluding hydrogens is 348 g/mol. The van der Waals surface area contributed by atoms with Crippen LogP contribution in [0.4, 0.5) is 0 Å². The molecule has 3 aromatic rings. The summed E-state index contributed by atoms with van der Waals surface area (Å²) in [4.78, 5) is 36.3. The minimum absolute atomic E-state index is 0.168. The Labute approximate surface area is 155 Å². The molecule has 0 radical (unpaired) electrons. The van der Waals surface area contributed by atoms with Crippen molar-refractivity contribution in [2.75, 3.05) is 13.7 Å². The number of aromatic nitrogens is 4. The predicted molar refractivity (Wildman–Crippen MR) is 97.5 cm³/mol. The number of hydrogen-bond donors (Lipinski definition) is 0. The minimum atomic E-state index is -0.974. The molecule has 2 aromatic heterocycles. The highest BCUT2D eigenvalue weighted by molar-refractivity contribution is 6.39. The topological polar surface area (TPSA) is 96.2 Å². The smallest absolute Gasteiger partial charge is 0.378 e. The molecule has 0 fully saturated rings. The molecule has 138 valence electrons. The SMILES string of the molecule is CCOC(=CC(=O)C(=O)OC)c1nc2cncnc2n1Cc1ccccc1. The van der Waals surface area contributed by atoms with Crippen LogP contribution in [0.3, 0.4) is 0 Å². The minimum Gasteiger partial charge on any atom is -0.490 e. The number of methoxy groups -OCH3 is 1. The van der Waals surface area contributed by atoms with Crippen molar-refractivity contribution in [3.05, 3.63) is 60.3 Å². The Morgan fingerprint density at radius 2 is 2.00 bits per heavy atom. The van der Waals surface area contributed by atoms with Crippen molar-refractivity contribution in [2.45, 2.75) is 13.5 Å². The second-order valence-electron chi connectivity index (χ2n) is 5.54. The molecule has 0 saturated heterocycles. The highest BCUT2D eigenvalue weighted by Crippen LogP contribution is 2.22. The maximum absolute atomic E-state index is 12.0. The van der Waals surface area contributed by atoms with Crippen molar-refractivity contribution in [1.82, 2.24) is 19.5 Å². The van der Waals surface area contributed by atoms with Gasteiger partial charge in [-0.2, -0.15) is 0 Å². The molecular formula is C19H18N4O4. The van der Waals surface area contributed by atoms with Crippen molar-refractivity contribution in [1.29, 1.82) is 0 Å². The molecule has 1 aromatic carbocycles. The number of ketones is 1. The molecule has 0 aliphatic carbocycles. The summed E-state index contributed by atoms with van der Waals surface area (Å²) in [7, 11) is 1.15. The van der Waals surface area contributed by atoms with E-state index >= 15 is 0 Å². The Morgan fingerprint density at radius 1 is 1.22 bits per heavy atom. The van der Waals surface area contributed by atoms with Gasteiger partial charge in [-0.3, -0.25) is 4.79 Å². The zero-order valence-corrected chi connectivity index (χ0v) is 15.0. The first kappa shape index (κ1) is 18.2. The van der Waals surface area contributed by atoms with Gasteiger partial charge >= 0.3 is 5.97 Å². The number of benzene rings is 1. The number of ether oxygens (including phenoxy) is 2. The van der Waals surface area contributed by atoms with Gasteiger partial charge in [-0.1, -0.05) is 30.3 Å². The number of carbonyl (C=O) groups is 2. The van der Waals surface area contributed by atoms with Crippen LogP contribution in [-0.4, -0.2) is 45.0 Å². The van der Waals surface area contributed by atoms with E-state index in [1.807, 2.05) is 34.9 Å². The van der Waals surface area contributed by atoms with Gasteiger partial charge < -0.3 is 14.0 Å². The molecule has 0 spiro atoms. The summed E-state index contributed by atoms with van der Waals surface area (Å²) in [5.41, 5.74) is 2.17. The van der Waals surface area contributed by atoms with E-state index in [-0.39, 0.29) is 5.76 Å². The summed E-state index contributed by atoms with van der Waals surface area (Å²) in [5, 5.41) is 0. The third-order valence-electron chi connectivity index (χ3n) is 3.76. The first-order chi connectivity index (χ1) is 13.1. The van der Waals surface area contributed by atoms with Crippen LogP contribution in [0.5, 0.6) is 0 Å². The molecule has 0 bridgehead atoms. The van der Waals surface area contributed by atoms with Crippen LogP contribution in [-0.2, 0) is 25.6 Å². The molecule has 27 heavy (non-hydrogen) atoms. The molecule has 0 amide bonds. The summed E-state index contributed by atoms with van der Waals surface area (Å²) in [6.45, 7) is 2.53. The lowest BCUT2D eigenvalue weighted by molar-refractivity contribution is -0.149. The maximum Gasteiger partial charge on any atom is 0.378 e. The zero-order valence-electron chi connectivity index (χ0n) is 15.0. The van der Waals surface area contributed by atoms with Gasteiger partial charge in [0.05, 0.1) is 26.5 Å². The van der Waals surface area contributed by atoms with Gasteiger partial charge in [-0.05, 0) is 12.5 Å². The monoisotopic (exact) mass is 366 g/mol. The van der Waals surface area contributed by atoms with E-state index in [9.17, 15) is 9.59 Å². The van der Waals surface area contributed by atoms with Crippen molar-refractivity contribution >= 4 is 28.7 Å². The molecule has 8 nitrogen and oxygen atoms in total. The van der Waals surface area contributed by atoms with E-state index in [0.29, 0.717) is 30.1 Å². The first-order valence-corrected chi connectivity index (χ1v) is 8.31. The van der Waals surface area contributed by atoms with Crippen molar-refractivity contribution in [3.63, 3.8) is 0 Å². The number of rotatable bonds is 7. The molecule has 2 heterocycles. The second kappa shape index (κ2) is 8.22. The van der Waals surface area contributed by atoms with E-state index in [2.05, 4.69) is 19.7 Å². The maximum atomic E-state index is 12.0.